The number of hydrogen-bond acceptors (Lipinski definition) is 2. The van der Waals surface area contributed by atoms with Gasteiger partial charge in [-0.25, -0.2) is 9.59 Å². The average molecular weight is 477 g/mol. The lowest BCUT2D eigenvalue weighted by molar-refractivity contribution is 0.0745. The van der Waals surface area contributed by atoms with E-state index < -0.39 is 0 Å². The van der Waals surface area contributed by atoms with Crippen molar-refractivity contribution in [2.45, 2.75) is 148 Å². The molecule has 0 bridgehead atoms. The van der Waals surface area contributed by atoms with Crippen molar-refractivity contribution in [2.75, 3.05) is 6.54 Å². The first-order valence-electron chi connectivity index (χ1n) is 14.3. The van der Waals surface area contributed by atoms with E-state index in [0.29, 0.717) is 18.6 Å². The highest BCUT2D eigenvalue weighted by Gasteiger charge is 2.42. The van der Waals surface area contributed by atoms with Crippen LogP contribution in [0, 0.1) is 10.8 Å². The van der Waals surface area contributed by atoms with Crippen LogP contribution < -0.4 is 21.3 Å². The zero-order chi connectivity index (χ0) is 24.4. The van der Waals surface area contributed by atoms with Crippen molar-refractivity contribution < 1.29 is 9.59 Å². The van der Waals surface area contributed by atoms with Crippen molar-refractivity contribution in [1.29, 1.82) is 0 Å². The maximum Gasteiger partial charge on any atom is 0.315 e. The van der Waals surface area contributed by atoms with Gasteiger partial charge in [-0.1, -0.05) is 85.0 Å². The smallest absolute Gasteiger partial charge is 0.315 e. The monoisotopic (exact) mass is 476 g/mol. The van der Waals surface area contributed by atoms with E-state index in [0.717, 1.165) is 44.9 Å². The molecule has 6 nitrogen and oxygen atoms in total. The van der Waals surface area contributed by atoms with Gasteiger partial charge in [0, 0.05) is 24.7 Å². The van der Waals surface area contributed by atoms with Gasteiger partial charge in [-0.3, -0.25) is 0 Å². The Morgan fingerprint density at radius 2 is 1.06 bits per heavy atom. The lowest BCUT2D eigenvalue weighted by atomic mass is 9.62. The fourth-order valence-electron chi connectivity index (χ4n) is 7.01. The summed E-state index contributed by atoms with van der Waals surface area (Å²) in [6.45, 7) is 7.50. The normalized spacial score (nSPS) is 29.6. The first-order valence-corrected chi connectivity index (χ1v) is 14.3. The summed E-state index contributed by atoms with van der Waals surface area (Å²) in [6.07, 6.45) is 20.0. The molecule has 3 aliphatic rings. The third kappa shape index (κ3) is 9.65. The van der Waals surface area contributed by atoms with Gasteiger partial charge in [0.25, 0.3) is 0 Å². The van der Waals surface area contributed by atoms with Crippen LogP contribution >= 0.6 is 0 Å². The maximum atomic E-state index is 12.8. The Morgan fingerprint density at radius 1 is 0.618 bits per heavy atom. The molecule has 4 N–H and O–H groups in total. The van der Waals surface area contributed by atoms with Gasteiger partial charge in [0.15, 0.2) is 0 Å². The first kappa shape index (κ1) is 27.1. The first-order chi connectivity index (χ1) is 16.2. The minimum Gasteiger partial charge on any atom is -0.338 e. The van der Waals surface area contributed by atoms with Crippen LogP contribution in [0.4, 0.5) is 9.59 Å². The van der Waals surface area contributed by atoms with Crippen LogP contribution in [0.1, 0.15) is 130 Å². The van der Waals surface area contributed by atoms with Crippen molar-refractivity contribution in [2.24, 2.45) is 10.8 Å². The number of carbonyl (C=O) groups excluding carboxylic acids is 2. The van der Waals surface area contributed by atoms with Gasteiger partial charge in [-0.2, -0.15) is 0 Å². The molecular formula is C28H52N4O2. The second-order valence-corrected chi connectivity index (χ2v) is 12.8. The number of nitrogens with one attached hydrogen (secondary N) is 4. The summed E-state index contributed by atoms with van der Waals surface area (Å²) in [5.41, 5.74) is 0.0983. The molecule has 34 heavy (non-hydrogen) atoms. The topological polar surface area (TPSA) is 82.3 Å². The Balaban J connectivity index is 1.47. The van der Waals surface area contributed by atoms with E-state index >= 15 is 0 Å². The van der Waals surface area contributed by atoms with E-state index in [1.807, 2.05) is 0 Å². The molecule has 0 aliphatic heterocycles. The molecule has 3 rings (SSSR count). The van der Waals surface area contributed by atoms with Crippen LogP contribution in [-0.4, -0.2) is 36.7 Å². The van der Waals surface area contributed by atoms with E-state index in [2.05, 4.69) is 42.0 Å². The van der Waals surface area contributed by atoms with Gasteiger partial charge >= 0.3 is 12.1 Å². The molecule has 0 radical (unpaired) electrons. The van der Waals surface area contributed by atoms with Crippen LogP contribution in [0.5, 0.6) is 0 Å². The molecule has 196 valence electrons. The third-order valence-corrected chi connectivity index (χ3v) is 8.34. The number of rotatable bonds is 5. The zero-order valence-electron chi connectivity index (χ0n) is 22.3. The van der Waals surface area contributed by atoms with Crippen LogP contribution in [-0.2, 0) is 0 Å². The molecular weight excluding hydrogens is 424 g/mol. The van der Waals surface area contributed by atoms with Gasteiger partial charge in [-0.05, 0) is 55.8 Å². The number of carbonyl (C=O) groups is 2. The summed E-state index contributed by atoms with van der Waals surface area (Å²) >= 11 is 0. The quantitative estimate of drug-likeness (QED) is 0.370. The molecule has 0 aromatic carbocycles. The van der Waals surface area contributed by atoms with Crippen LogP contribution in [0.2, 0.25) is 0 Å². The molecule has 0 aromatic rings. The van der Waals surface area contributed by atoms with Crippen LogP contribution in [0.3, 0.4) is 0 Å². The fraction of sp³-hybridized carbons (Fsp3) is 0.929. The van der Waals surface area contributed by atoms with E-state index in [4.69, 9.17) is 0 Å². The summed E-state index contributed by atoms with van der Waals surface area (Å²) in [5, 5.41) is 13.0. The molecule has 4 amide bonds. The Bertz CT molecular complexity index is 636. The molecule has 3 saturated carbocycles. The van der Waals surface area contributed by atoms with Crippen molar-refractivity contribution in [1.82, 2.24) is 21.3 Å². The molecule has 0 heterocycles. The predicted molar refractivity (Wildman–Crippen MR) is 140 cm³/mol. The van der Waals surface area contributed by atoms with Crippen LogP contribution in [0.25, 0.3) is 0 Å². The minimum atomic E-state index is -0.0296. The lowest BCUT2D eigenvalue weighted by Gasteiger charge is -2.47. The molecule has 3 fully saturated rings. The summed E-state index contributed by atoms with van der Waals surface area (Å²) in [6, 6.07) is 0.717. The highest BCUT2D eigenvalue weighted by Crippen LogP contribution is 2.45. The van der Waals surface area contributed by atoms with Crippen molar-refractivity contribution in [3.8, 4) is 0 Å². The third-order valence-electron chi connectivity index (χ3n) is 8.34. The van der Waals surface area contributed by atoms with Gasteiger partial charge in [0.05, 0.1) is 0 Å². The second kappa shape index (κ2) is 13.0. The SMILES string of the molecule is CC1(C)C[C@@H](NC(=O)NC2CCCCCCC2)C[C@@](C)(CNC(=O)NC2CCCCCCC2)C1. The number of amides is 4. The molecule has 2 atom stereocenters. The van der Waals surface area contributed by atoms with Gasteiger partial charge < -0.3 is 21.3 Å². The Kier molecular flexibility index (Phi) is 10.4. The molecule has 0 spiro atoms. The zero-order valence-corrected chi connectivity index (χ0v) is 22.3. The molecule has 3 aliphatic carbocycles. The maximum absolute atomic E-state index is 12.8. The van der Waals surface area contributed by atoms with E-state index in [-0.39, 0.29) is 28.9 Å². The number of hydrogen-bond donors (Lipinski definition) is 4. The summed E-state index contributed by atoms with van der Waals surface area (Å²) in [4.78, 5) is 25.5. The second-order valence-electron chi connectivity index (χ2n) is 12.8. The van der Waals surface area contributed by atoms with Crippen molar-refractivity contribution in [3.05, 3.63) is 0 Å². The largest absolute Gasteiger partial charge is 0.338 e. The highest BCUT2D eigenvalue weighted by molar-refractivity contribution is 5.75. The van der Waals surface area contributed by atoms with E-state index in [1.165, 1.54) is 64.2 Å². The molecule has 0 unspecified atom stereocenters. The average Bonchev–Trinajstić information content (AvgIpc) is 2.69. The van der Waals surface area contributed by atoms with Crippen molar-refractivity contribution in [3.63, 3.8) is 0 Å². The standard InChI is InChI=1S/C28H52N4O2/c1-27(2)18-24(32-26(34)31-23-16-12-8-5-9-13-17-23)19-28(3,20-27)21-29-25(33)30-22-14-10-6-4-7-11-15-22/h22-24H,4-21H2,1-3H3,(H2,29,30,33)(H2,31,32,34)/t24-,28-/m1/s1. The molecule has 6 heteroatoms. The molecule has 0 aromatic heterocycles. The van der Waals surface area contributed by atoms with Crippen LogP contribution in [0.15, 0.2) is 0 Å². The van der Waals surface area contributed by atoms with E-state index in [1.54, 1.807) is 0 Å². The summed E-state index contributed by atoms with van der Waals surface area (Å²) in [7, 11) is 0. The lowest BCUT2D eigenvalue weighted by Crippen LogP contribution is -2.54. The highest BCUT2D eigenvalue weighted by atomic mass is 16.2. The van der Waals surface area contributed by atoms with Gasteiger partial charge in [-0.15, -0.1) is 0 Å². The van der Waals surface area contributed by atoms with Crippen molar-refractivity contribution >= 4 is 12.1 Å². The number of urea groups is 2. The summed E-state index contributed by atoms with van der Waals surface area (Å²) < 4.78 is 0. The summed E-state index contributed by atoms with van der Waals surface area (Å²) in [5.74, 6) is 0. The Labute approximate surface area is 208 Å². The molecule has 0 saturated heterocycles. The predicted octanol–water partition coefficient (Wildman–Crippen LogP) is 6.40. The Morgan fingerprint density at radius 3 is 1.59 bits per heavy atom. The van der Waals surface area contributed by atoms with Gasteiger partial charge in [0.1, 0.15) is 0 Å². The Hall–Kier alpha value is -1.46. The minimum absolute atomic E-state index is 0.00870. The van der Waals surface area contributed by atoms with E-state index in [9.17, 15) is 9.59 Å². The fourth-order valence-corrected chi connectivity index (χ4v) is 7.01. The van der Waals surface area contributed by atoms with Gasteiger partial charge in [0.2, 0.25) is 0 Å².